The zero-order valence-corrected chi connectivity index (χ0v) is 12.8. The van der Waals surface area contributed by atoms with Gasteiger partial charge in [-0.2, -0.15) is 0 Å². The minimum Gasteiger partial charge on any atom is -0.466 e. The van der Waals surface area contributed by atoms with E-state index in [4.69, 9.17) is 4.74 Å². The highest BCUT2D eigenvalue weighted by Gasteiger charge is 2.28. The molecule has 0 unspecified atom stereocenters. The monoisotopic (exact) mass is 291 g/mol. The number of nitrogens with one attached hydrogen (secondary N) is 1. The topological polar surface area (TPSA) is 56.1 Å². The van der Waals surface area contributed by atoms with E-state index < -0.39 is 0 Å². The van der Waals surface area contributed by atoms with Gasteiger partial charge < -0.3 is 14.6 Å². The maximum absolute atomic E-state index is 11.7. The van der Waals surface area contributed by atoms with Gasteiger partial charge in [0.2, 0.25) is 0 Å². The summed E-state index contributed by atoms with van der Waals surface area (Å²) in [7, 11) is 0. The molecule has 0 amide bonds. The number of hydrogen-bond donors (Lipinski definition) is 1. The number of carbonyl (C=O) groups excluding carboxylic acids is 1. The smallest absolute Gasteiger partial charge is 0.308 e. The van der Waals surface area contributed by atoms with Gasteiger partial charge in [-0.25, -0.2) is 4.98 Å². The molecule has 116 valence electrons. The lowest BCUT2D eigenvalue weighted by Crippen LogP contribution is -2.35. The number of aromatic nitrogens is 2. The molecule has 21 heavy (non-hydrogen) atoms. The first-order valence-electron chi connectivity index (χ1n) is 8.18. The zero-order valence-electron chi connectivity index (χ0n) is 12.8. The molecule has 5 nitrogen and oxygen atoms in total. The van der Waals surface area contributed by atoms with Gasteiger partial charge in [-0.1, -0.05) is 0 Å². The SMILES string of the molecule is CCOC(=O)C1CCC(NCc2cncn2C2CC2)CC1. The first-order valence-corrected chi connectivity index (χ1v) is 8.18. The van der Waals surface area contributed by atoms with E-state index in [1.54, 1.807) is 0 Å². The van der Waals surface area contributed by atoms with Crippen molar-refractivity contribution in [3.63, 3.8) is 0 Å². The maximum Gasteiger partial charge on any atom is 0.308 e. The van der Waals surface area contributed by atoms with Crippen molar-refractivity contribution < 1.29 is 9.53 Å². The van der Waals surface area contributed by atoms with Crippen LogP contribution in [0.15, 0.2) is 12.5 Å². The fourth-order valence-corrected chi connectivity index (χ4v) is 3.19. The van der Waals surface area contributed by atoms with Crippen LogP contribution in [0.1, 0.15) is 57.2 Å². The lowest BCUT2D eigenvalue weighted by Gasteiger charge is -2.28. The van der Waals surface area contributed by atoms with Crippen LogP contribution in [0, 0.1) is 5.92 Å². The van der Waals surface area contributed by atoms with Crippen molar-refractivity contribution in [2.24, 2.45) is 5.92 Å². The first-order chi connectivity index (χ1) is 10.3. The molecule has 2 saturated carbocycles. The van der Waals surface area contributed by atoms with Gasteiger partial charge in [-0.3, -0.25) is 4.79 Å². The Morgan fingerprint density at radius 1 is 1.33 bits per heavy atom. The Morgan fingerprint density at radius 3 is 2.76 bits per heavy atom. The summed E-state index contributed by atoms with van der Waals surface area (Å²) in [5, 5.41) is 3.63. The molecule has 5 heteroatoms. The number of esters is 1. The van der Waals surface area contributed by atoms with Crippen molar-refractivity contribution in [2.75, 3.05) is 6.61 Å². The number of ether oxygens (including phenoxy) is 1. The van der Waals surface area contributed by atoms with Gasteiger partial charge in [0.05, 0.1) is 24.5 Å². The quantitative estimate of drug-likeness (QED) is 0.818. The summed E-state index contributed by atoms with van der Waals surface area (Å²) in [6.45, 7) is 3.24. The fraction of sp³-hybridized carbons (Fsp3) is 0.750. The molecule has 1 N–H and O–H groups in total. The van der Waals surface area contributed by atoms with Crippen LogP contribution in [-0.4, -0.2) is 28.2 Å². The second kappa shape index (κ2) is 6.60. The highest BCUT2D eigenvalue weighted by atomic mass is 16.5. The van der Waals surface area contributed by atoms with Gasteiger partial charge in [0.1, 0.15) is 0 Å². The van der Waals surface area contributed by atoms with E-state index in [0.717, 1.165) is 32.2 Å². The first kappa shape index (κ1) is 14.6. The summed E-state index contributed by atoms with van der Waals surface area (Å²) in [5.41, 5.74) is 1.28. The molecular formula is C16H25N3O2. The van der Waals surface area contributed by atoms with Crippen molar-refractivity contribution in [1.82, 2.24) is 14.9 Å². The molecule has 2 aliphatic rings. The molecule has 0 saturated heterocycles. The average Bonchev–Trinajstić information content (AvgIpc) is 3.24. The van der Waals surface area contributed by atoms with Crippen molar-refractivity contribution >= 4 is 5.97 Å². The molecule has 3 rings (SSSR count). The summed E-state index contributed by atoms with van der Waals surface area (Å²) in [5.74, 6) is 0.0998. The van der Waals surface area contributed by atoms with Gasteiger partial charge in [0.15, 0.2) is 0 Å². The Balaban J connectivity index is 1.43. The lowest BCUT2D eigenvalue weighted by molar-refractivity contribution is -0.149. The van der Waals surface area contributed by atoms with E-state index in [0.29, 0.717) is 18.7 Å². The minimum absolute atomic E-state index is 0.0113. The predicted octanol–water partition coefficient (Wildman–Crippen LogP) is 2.43. The number of nitrogens with zero attached hydrogens (tertiary/aromatic N) is 2. The Morgan fingerprint density at radius 2 is 2.10 bits per heavy atom. The Bertz CT molecular complexity index is 474. The fourth-order valence-electron chi connectivity index (χ4n) is 3.19. The second-order valence-corrected chi connectivity index (χ2v) is 6.20. The summed E-state index contributed by atoms with van der Waals surface area (Å²) in [4.78, 5) is 16.0. The number of hydrogen-bond acceptors (Lipinski definition) is 4. The van der Waals surface area contributed by atoms with Gasteiger partial charge in [0.25, 0.3) is 0 Å². The molecule has 0 spiro atoms. The zero-order chi connectivity index (χ0) is 14.7. The summed E-state index contributed by atoms with van der Waals surface area (Å²) in [6, 6.07) is 1.20. The molecule has 1 aromatic heterocycles. The van der Waals surface area contributed by atoms with Crippen LogP contribution in [0.25, 0.3) is 0 Å². The van der Waals surface area contributed by atoms with Gasteiger partial charge in [-0.05, 0) is 45.4 Å². The molecule has 2 fully saturated rings. The standard InChI is InChI=1S/C16H25N3O2/c1-2-21-16(20)12-3-5-13(6-4-12)18-10-15-9-17-11-19(15)14-7-8-14/h9,11-14,18H,2-8,10H2,1H3. The summed E-state index contributed by atoms with van der Waals surface area (Å²) in [6.07, 6.45) is 10.5. The van der Waals surface area contributed by atoms with Crippen LogP contribution in [0.4, 0.5) is 0 Å². The molecule has 0 radical (unpaired) electrons. The molecular weight excluding hydrogens is 266 g/mol. The molecule has 0 bridgehead atoms. The van der Waals surface area contributed by atoms with Crippen LogP contribution in [0.3, 0.4) is 0 Å². The van der Waals surface area contributed by atoms with Crippen LogP contribution < -0.4 is 5.32 Å². The van der Waals surface area contributed by atoms with Gasteiger partial charge in [-0.15, -0.1) is 0 Å². The number of imidazole rings is 1. The third kappa shape index (κ3) is 3.64. The van der Waals surface area contributed by atoms with E-state index in [9.17, 15) is 4.79 Å². The predicted molar refractivity (Wildman–Crippen MR) is 79.7 cm³/mol. The molecule has 0 aliphatic heterocycles. The minimum atomic E-state index is -0.0113. The van der Waals surface area contributed by atoms with Gasteiger partial charge in [0, 0.05) is 24.8 Å². The lowest BCUT2D eigenvalue weighted by atomic mass is 9.86. The van der Waals surface area contributed by atoms with Crippen LogP contribution in [0.5, 0.6) is 0 Å². The Labute approximate surface area is 126 Å². The van der Waals surface area contributed by atoms with Crippen LogP contribution in [0.2, 0.25) is 0 Å². The van der Waals surface area contributed by atoms with Crippen LogP contribution >= 0.6 is 0 Å². The normalized spacial score (nSPS) is 25.8. The van der Waals surface area contributed by atoms with Crippen molar-refractivity contribution in [2.45, 2.75) is 64.1 Å². The van der Waals surface area contributed by atoms with E-state index in [-0.39, 0.29) is 11.9 Å². The third-order valence-electron chi connectivity index (χ3n) is 4.61. The van der Waals surface area contributed by atoms with Crippen molar-refractivity contribution in [1.29, 1.82) is 0 Å². The maximum atomic E-state index is 11.7. The summed E-state index contributed by atoms with van der Waals surface area (Å²) >= 11 is 0. The summed E-state index contributed by atoms with van der Waals surface area (Å²) < 4.78 is 7.42. The van der Waals surface area contributed by atoms with Crippen molar-refractivity contribution in [3.05, 3.63) is 18.2 Å². The largest absolute Gasteiger partial charge is 0.466 e. The van der Waals surface area contributed by atoms with E-state index in [1.165, 1.54) is 18.5 Å². The van der Waals surface area contributed by atoms with E-state index in [1.807, 2.05) is 19.4 Å². The van der Waals surface area contributed by atoms with Gasteiger partial charge >= 0.3 is 5.97 Å². The highest BCUT2D eigenvalue weighted by Crippen LogP contribution is 2.35. The van der Waals surface area contributed by atoms with E-state index in [2.05, 4.69) is 14.9 Å². The average molecular weight is 291 g/mol. The third-order valence-corrected chi connectivity index (χ3v) is 4.61. The molecule has 1 heterocycles. The van der Waals surface area contributed by atoms with Crippen molar-refractivity contribution in [3.8, 4) is 0 Å². The molecule has 0 atom stereocenters. The number of carbonyl (C=O) groups is 1. The molecule has 0 aromatic carbocycles. The molecule has 2 aliphatic carbocycles. The second-order valence-electron chi connectivity index (χ2n) is 6.20. The molecule has 1 aromatic rings. The Kier molecular flexibility index (Phi) is 4.58. The van der Waals surface area contributed by atoms with Crippen LogP contribution in [-0.2, 0) is 16.1 Å². The Hall–Kier alpha value is -1.36. The van der Waals surface area contributed by atoms with E-state index >= 15 is 0 Å². The highest BCUT2D eigenvalue weighted by molar-refractivity contribution is 5.72. The number of rotatable bonds is 6.